The Balaban J connectivity index is 0. The topological polar surface area (TPSA) is 0 Å². The van der Waals surface area contributed by atoms with E-state index in [4.69, 9.17) is 0 Å². The molecule has 0 aromatic carbocycles. The molecule has 0 aromatic heterocycles. The fourth-order valence-electron chi connectivity index (χ4n) is 1.38. The molecule has 1 saturated carbocycles. The zero-order valence-electron chi connectivity index (χ0n) is 7.17. The first-order chi connectivity index (χ1) is 3.72. The van der Waals surface area contributed by atoms with Gasteiger partial charge in [0, 0.05) is 65.4 Å². The molecule has 0 amide bonds. The maximum absolute atomic E-state index is 2.44. The van der Waals surface area contributed by atoms with Gasteiger partial charge in [-0.3, -0.25) is 0 Å². The van der Waals surface area contributed by atoms with E-state index in [0.717, 1.165) is 17.8 Å². The van der Waals surface area contributed by atoms with Gasteiger partial charge in [0.1, 0.15) is 0 Å². The summed E-state index contributed by atoms with van der Waals surface area (Å²) in [4.78, 5) is 0. The first kappa shape index (κ1) is 14.7. The van der Waals surface area contributed by atoms with Crippen molar-refractivity contribution in [1.29, 1.82) is 0 Å². The largest absolute Gasteiger partial charge is 0.325 e. The van der Waals surface area contributed by atoms with Crippen molar-refractivity contribution in [3.05, 3.63) is 6.42 Å². The minimum atomic E-state index is 0. The van der Waals surface area contributed by atoms with Gasteiger partial charge in [0.05, 0.1) is 0 Å². The van der Waals surface area contributed by atoms with Crippen LogP contribution in [0.15, 0.2) is 0 Å². The molecule has 1 fully saturated rings. The molecule has 2 heteroatoms. The second-order valence-corrected chi connectivity index (χ2v) is 3.17. The van der Waals surface area contributed by atoms with Gasteiger partial charge in [-0.2, -0.15) is 12.3 Å². The van der Waals surface area contributed by atoms with Crippen molar-refractivity contribution in [2.24, 2.45) is 17.8 Å². The molecule has 54 valence electrons. The third kappa shape index (κ3) is 3.74. The quantitative estimate of drug-likeness (QED) is 0.601. The summed E-state index contributed by atoms with van der Waals surface area (Å²) in [5, 5.41) is 0. The van der Waals surface area contributed by atoms with Gasteiger partial charge in [-0.05, 0) is 0 Å². The van der Waals surface area contributed by atoms with Crippen molar-refractivity contribution < 1.29 is 65.4 Å². The average molecular weight is 289 g/mol. The minimum Gasteiger partial charge on any atom is -0.325 e. The van der Waals surface area contributed by atoms with E-state index in [1.807, 2.05) is 0 Å². The zero-order chi connectivity index (χ0) is 6.15. The smallest absolute Gasteiger partial charge is 0 e. The van der Waals surface area contributed by atoms with Gasteiger partial charge in [0.25, 0.3) is 0 Å². The molecular weight excluding hydrogens is 274 g/mol. The van der Waals surface area contributed by atoms with Crippen LogP contribution in [-0.2, 0) is 65.4 Å². The van der Waals surface area contributed by atoms with Gasteiger partial charge in [-0.1, -0.05) is 32.6 Å². The third-order valence-electron chi connectivity index (χ3n) is 2.61. The summed E-state index contributed by atoms with van der Waals surface area (Å²) in [6.07, 6.45) is 3.78. The number of hydrogen-bond donors (Lipinski definition) is 0. The summed E-state index contributed by atoms with van der Waals surface area (Å²) in [6.45, 7) is 7.00. The van der Waals surface area contributed by atoms with Crippen LogP contribution >= 0.6 is 0 Å². The second kappa shape index (κ2) is 6.69. The predicted molar refractivity (Wildman–Crippen MR) is 36.4 cm³/mol. The van der Waals surface area contributed by atoms with E-state index in [1.165, 1.54) is 6.42 Å². The summed E-state index contributed by atoms with van der Waals surface area (Å²) in [5.41, 5.74) is 0. The van der Waals surface area contributed by atoms with Crippen molar-refractivity contribution in [3.8, 4) is 0 Å². The first-order valence-corrected chi connectivity index (χ1v) is 3.55. The van der Waals surface area contributed by atoms with Crippen molar-refractivity contribution in [3.63, 3.8) is 0 Å². The fraction of sp³-hybridized carbons (Fsp3) is 0.875. The van der Waals surface area contributed by atoms with Gasteiger partial charge >= 0.3 is 0 Å². The molecule has 0 spiro atoms. The van der Waals surface area contributed by atoms with E-state index in [2.05, 4.69) is 27.2 Å². The maximum atomic E-state index is 2.44. The maximum Gasteiger partial charge on any atom is 0 e. The minimum absolute atomic E-state index is 0. The summed E-state index contributed by atoms with van der Waals surface area (Å²) in [7, 11) is 0. The van der Waals surface area contributed by atoms with Crippen LogP contribution in [0.3, 0.4) is 0 Å². The molecule has 10 heavy (non-hydrogen) atoms. The van der Waals surface area contributed by atoms with Gasteiger partial charge < -0.3 is 6.42 Å². The molecule has 2 unspecified atom stereocenters. The van der Waals surface area contributed by atoms with Crippen LogP contribution in [0, 0.1) is 24.2 Å². The summed E-state index contributed by atoms with van der Waals surface area (Å²) < 4.78 is 0. The molecule has 2 radical (unpaired) electrons. The van der Waals surface area contributed by atoms with Crippen molar-refractivity contribution in [2.45, 2.75) is 27.2 Å². The van der Waals surface area contributed by atoms with Crippen molar-refractivity contribution >= 4 is 0 Å². The Labute approximate surface area is 115 Å². The second-order valence-electron chi connectivity index (χ2n) is 3.17. The molecule has 1 aliphatic rings. The van der Waals surface area contributed by atoms with Crippen LogP contribution in [0.1, 0.15) is 27.2 Å². The van der Waals surface area contributed by atoms with Gasteiger partial charge in [0.15, 0.2) is 0 Å². The van der Waals surface area contributed by atoms with Gasteiger partial charge in [0.2, 0.25) is 0 Å². The number of rotatable bonds is 0. The zero-order valence-corrected chi connectivity index (χ0v) is 12.8. The van der Waals surface area contributed by atoms with E-state index in [0.29, 0.717) is 0 Å². The Morgan fingerprint density at radius 2 is 1.60 bits per heavy atom. The molecule has 1 rings (SSSR count). The molecule has 0 aliphatic heterocycles. The molecule has 0 heterocycles. The molecule has 0 saturated heterocycles. The molecule has 0 bridgehead atoms. The normalized spacial score (nSPS) is 38.1. The molecule has 0 N–H and O–H groups in total. The summed E-state index contributed by atoms with van der Waals surface area (Å²) >= 11 is 0. The summed E-state index contributed by atoms with van der Waals surface area (Å²) in [5.74, 6) is 2.73. The van der Waals surface area contributed by atoms with Crippen molar-refractivity contribution in [1.82, 2.24) is 0 Å². The predicted octanol–water partition coefficient (Wildman–Crippen LogP) is 2.50. The first-order valence-electron chi connectivity index (χ1n) is 3.55. The van der Waals surface area contributed by atoms with Crippen LogP contribution < -0.4 is 0 Å². The standard InChI is InChI=1S/C8H15.2Y/c1-6-4-5-7(2)8(6)3;;/h4,6-8H,5H2,1-3H3;;/q-1;;/t6?,7-,8?;;/m1../s1. The summed E-state index contributed by atoms with van der Waals surface area (Å²) in [6, 6.07) is 0. The van der Waals surface area contributed by atoms with Crippen molar-refractivity contribution in [2.75, 3.05) is 0 Å². The Morgan fingerprint density at radius 1 is 1.10 bits per heavy atom. The van der Waals surface area contributed by atoms with Crippen LogP contribution in [0.25, 0.3) is 0 Å². The molecular formula is C8H15Y2-. The number of hydrogen-bond acceptors (Lipinski definition) is 0. The van der Waals surface area contributed by atoms with Crippen LogP contribution in [0.5, 0.6) is 0 Å². The Kier molecular flexibility index (Phi) is 9.85. The SMILES string of the molecule is CC1[CH-]C[C@@H](C)C1C.[Y].[Y]. The Morgan fingerprint density at radius 3 is 1.70 bits per heavy atom. The Hall–Kier alpha value is 2.21. The van der Waals surface area contributed by atoms with Crippen LogP contribution in [-0.4, -0.2) is 0 Å². The van der Waals surface area contributed by atoms with E-state index in [1.54, 1.807) is 0 Å². The van der Waals surface area contributed by atoms with Gasteiger partial charge in [-0.15, -0.1) is 0 Å². The molecule has 1 aliphatic carbocycles. The molecule has 0 aromatic rings. The monoisotopic (exact) mass is 289 g/mol. The molecule has 0 nitrogen and oxygen atoms in total. The van der Waals surface area contributed by atoms with Gasteiger partial charge in [-0.25, -0.2) is 0 Å². The van der Waals surface area contributed by atoms with Crippen LogP contribution in [0.4, 0.5) is 0 Å². The van der Waals surface area contributed by atoms with E-state index < -0.39 is 0 Å². The van der Waals surface area contributed by atoms with E-state index >= 15 is 0 Å². The fourth-order valence-corrected chi connectivity index (χ4v) is 1.38. The van der Waals surface area contributed by atoms with E-state index in [9.17, 15) is 0 Å². The van der Waals surface area contributed by atoms with Crippen LogP contribution in [0.2, 0.25) is 0 Å². The molecule has 3 atom stereocenters. The Bertz CT molecular complexity index is 73.3. The third-order valence-corrected chi connectivity index (χ3v) is 2.61. The van der Waals surface area contributed by atoms with E-state index in [-0.39, 0.29) is 65.4 Å². The average Bonchev–Trinajstić information content (AvgIpc) is 1.98.